The summed E-state index contributed by atoms with van der Waals surface area (Å²) in [5.74, 6) is 0.928. The zero-order valence-corrected chi connectivity index (χ0v) is 24.1. The van der Waals surface area contributed by atoms with Crippen LogP contribution in [0.5, 0.6) is 11.5 Å². The summed E-state index contributed by atoms with van der Waals surface area (Å²) in [6, 6.07) is 1.18. The van der Waals surface area contributed by atoms with Crippen LogP contribution in [-0.4, -0.2) is 44.6 Å². The number of nitrogens with one attached hydrogen (secondary N) is 1. The number of methoxy groups -OCH3 is 2. The predicted molar refractivity (Wildman–Crippen MR) is 139 cm³/mol. The summed E-state index contributed by atoms with van der Waals surface area (Å²) in [6.45, 7) is 15.5. The van der Waals surface area contributed by atoms with Crippen LogP contribution in [0.15, 0.2) is 10.6 Å². The van der Waals surface area contributed by atoms with Crippen molar-refractivity contribution in [2.45, 2.75) is 77.4 Å². The van der Waals surface area contributed by atoms with Crippen LogP contribution in [0.25, 0.3) is 0 Å². The largest absolute Gasteiger partial charge is 0.543 e. The second-order valence-electron chi connectivity index (χ2n) is 10.0. The van der Waals surface area contributed by atoms with E-state index in [4.69, 9.17) is 31.1 Å². The van der Waals surface area contributed by atoms with Crippen LogP contribution in [0.2, 0.25) is 18.1 Å². The van der Waals surface area contributed by atoms with E-state index in [1.54, 1.807) is 27.0 Å². The summed E-state index contributed by atoms with van der Waals surface area (Å²) in [5.41, 5.74) is 1.50. The lowest BCUT2D eigenvalue weighted by atomic mass is 9.94. The number of hydrogen-bond acceptors (Lipinski definition) is 9. The van der Waals surface area contributed by atoms with Gasteiger partial charge in [-0.1, -0.05) is 25.9 Å². The highest BCUT2D eigenvalue weighted by Crippen LogP contribution is 2.46. The molecule has 1 N–H and O–H groups in total. The Bertz CT molecular complexity index is 1080. The standard InChI is InChI=1S/C24H37N3O6SSi/c1-13-17(30-7)12-18(33-35(9,10)24(4,5)6)21(20(13)23(29)31-8)19(34)11-16(26-15(3)28)22-25-14(2)27-32-22/h12,16,19,34H,11H2,1-10H3,(H,26,28). The van der Waals surface area contributed by atoms with Crippen molar-refractivity contribution in [3.05, 3.63) is 34.5 Å². The van der Waals surface area contributed by atoms with Crippen LogP contribution in [-0.2, 0) is 9.53 Å². The number of hydrogen-bond donors (Lipinski definition) is 2. The Balaban J connectivity index is 2.70. The maximum absolute atomic E-state index is 13.0. The second-order valence-corrected chi connectivity index (χ2v) is 15.4. The average molecular weight is 524 g/mol. The minimum Gasteiger partial charge on any atom is -0.543 e. The molecule has 0 spiro atoms. The maximum atomic E-state index is 13.0. The molecule has 0 aliphatic rings. The van der Waals surface area contributed by atoms with Gasteiger partial charge in [-0.2, -0.15) is 17.6 Å². The van der Waals surface area contributed by atoms with Gasteiger partial charge in [-0.05, 0) is 38.4 Å². The number of aryl methyl sites for hydroxylation is 1. The molecule has 0 aliphatic heterocycles. The van der Waals surface area contributed by atoms with Crippen molar-refractivity contribution in [1.82, 2.24) is 15.5 Å². The highest BCUT2D eigenvalue weighted by molar-refractivity contribution is 7.80. The lowest BCUT2D eigenvalue weighted by Gasteiger charge is -2.38. The zero-order valence-electron chi connectivity index (χ0n) is 22.2. The molecule has 0 radical (unpaired) electrons. The van der Waals surface area contributed by atoms with Crippen LogP contribution in [0, 0.1) is 13.8 Å². The average Bonchev–Trinajstić information content (AvgIpc) is 3.18. The monoisotopic (exact) mass is 523 g/mol. The first-order chi connectivity index (χ1) is 16.1. The maximum Gasteiger partial charge on any atom is 0.338 e. The van der Waals surface area contributed by atoms with Crippen LogP contribution in [0.4, 0.5) is 0 Å². The minimum atomic E-state index is -2.32. The number of carbonyl (C=O) groups excluding carboxylic acids is 2. The molecule has 35 heavy (non-hydrogen) atoms. The van der Waals surface area contributed by atoms with E-state index in [1.807, 2.05) is 0 Å². The molecule has 2 atom stereocenters. The third-order valence-corrected chi connectivity index (χ3v) is 11.1. The summed E-state index contributed by atoms with van der Waals surface area (Å²) < 4.78 is 22.7. The highest BCUT2D eigenvalue weighted by Gasteiger charge is 2.41. The number of ether oxygens (including phenoxy) is 2. The normalized spacial score (nSPS) is 13.7. The molecular formula is C24H37N3O6SSi. The third kappa shape index (κ3) is 6.57. The van der Waals surface area contributed by atoms with E-state index in [9.17, 15) is 9.59 Å². The SMILES string of the molecule is COC(=O)c1c(C)c(OC)cc(O[Si](C)(C)C(C)(C)C)c1C(S)CC(NC(C)=O)c1nc(C)no1. The van der Waals surface area contributed by atoms with E-state index >= 15 is 0 Å². The van der Waals surface area contributed by atoms with Gasteiger partial charge in [-0.25, -0.2) is 4.79 Å². The fraction of sp³-hybridized carbons (Fsp3) is 0.583. The number of nitrogens with zero attached hydrogens (tertiary/aromatic N) is 2. The van der Waals surface area contributed by atoms with Crippen molar-refractivity contribution in [2.24, 2.45) is 0 Å². The summed E-state index contributed by atoms with van der Waals surface area (Å²) in [6.07, 6.45) is 0.258. The van der Waals surface area contributed by atoms with E-state index in [1.165, 1.54) is 14.0 Å². The fourth-order valence-electron chi connectivity index (χ4n) is 3.44. The van der Waals surface area contributed by atoms with E-state index in [2.05, 4.69) is 49.3 Å². The van der Waals surface area contributed by atoms with Gasteiger partial charge in [0.05, 0.1) is 19.8 Å². The van der Waals surface area contributed by atoms with Crippen LogP contribution in [0.1, 0.15) is 78.6 Å². The Kier molecular flexibility index (Phi) is 9.04. The van der Waals surface area contributed by atoms with Gasteiger partial charge in [0.2, 0.25) is 20.1 Å². The number of rotatable bonds is 9. The molecule has 0 saturated carbocycles. The van der Waals surface area contributed by atoms with Crippen LogP contribution < -0.4 is 14.5 Å². The number of carbonyl (C=O) groups is 2. The second kappa shape index (κ2) is 11.0. The molecule has 1 aromatic carbocycles. The molecule has 0 aliphatic carbocycles. The molecule has 0 bridgehead atoms. The van der Waals surface area contributed by atoms with E-state index in [0.717, 1.165) is 0 Å². The highest BCUT2D eigenvalue weighted by atomic mass is 32.1. The number of thiol groups is 1. The quantitative estimate of drug-likeness (QED) is 0.265. The minimum absolute atomic E-state index is 0.0973. The summed E-state index contributed by atoms with van der Waals surface area (Å²) in [5, 5.41) is 6.03. The summed E-state index contributed by atoms with van der Waals surface area (Å²) >= 11 is 4.89. The Morgan fingerprint density at radius 2 is 1.83 bits per heavy atom. The van der Waals surface area contributed by atoms with Crippen LogP contribution in [0.3, 0.4) is 0 Å². The van der Waals surface area contributed by atoms with E-state index in [-0.39, 0.29) is 23.3 Å². The van der Waals surface area contributed by atoms with Gasteiger partial charge in [0, 0.05) is 29.4 Å². The van der Waals surface area contributed by atoms with Gasteiger partial charge in [-0.3, -0.25) is 4.79 Å². The molecule has 0 fully saturated rings. The first-order valence-corrected chi connectivity index (χ1v) is 14.8. The number of esters is 1. The Morgan fingerprint density at radius 1 is 1.20 bits per heavy atom. The van der Waals surface area contributed by atoms with Crippen molar-refractivity contribution >= 4 is 32.8 Å². The van der Waals surface area contributed by atoms with E-state index < -0.39 is 25.6 Å². The Morgan fingerprint density at radius 3 is 2.29 bits per heavy atom. The lowest BCUT2D eigenvalue weighted by Crippen LogP contribution is -2.44. The van der Waals surface area contributed by atoms with Gasteiger partial charge in [0.25, 0.3) is 0 Å². The molecule has 194 valence electrons. The van der Waals surface area contributed by atoms with Gasteiger partial charge in [-0.15, -0.1) is 0 Å². The first-order valence-electron chi connectivity index (χ1n) is 11.4. The van der Waals surface area contributed by atoms with Gasteiger partial charge < -0.3 is 23.7 Å². The summed E-state index contributed by atoms with van der Waals surface area (Å²) in [4.78, 5) is 29.2. The molecule has 9 nitrogen and oxygen atoms in total. The van der Waals surface area contributed by atoms with E-state index in [0.29, 0.717) is 34.0 Å². The van der Waals surface area contributed by atoms with Crippen LogP contribution >= 0.6 is 12.6 Å². The Labute approximate surface area is 213 Å². The number of amides is 1. The predicted octanol–water partition coefficient (Wildman–Crippen LogP) is 5.10. The number of aromatic nitrogens is 2. The number of benzene rings is 1. The first kappa shape index (κ1) is 28.7. The molecule has 1 amide bonds. The smallest absolute Gasteiger partial charge is 0.338 e. The molecular weight excluding hydrogens is 486 g/mol. The lowest BCUT2D eigenvalue weighted by molar-refractivity contribution is -0.119. The molecule has 0 saturated heterocycles. The molecule has 1 aromatic heterocycles. The zero-order chi connectivity index (χ0) is 26.7. The van der Waals surface area contributed by atoms with Gasteiger partial charge >= 0.3 is 5.97 Å². The van der Waals surface area contributed by atoms with Crippen molar-refractivity contribution in [3.8, 4) is 11.5 Å². The molecule has 1 heterocycles. The summed E-state index contributed by atoms with van der Waals surface area (Å²) in [7, 11) is 0.548. The fourth-order valence-corrected chi connectivity index (χ4v) is 4.93. The van der Waals surface area contributed by atoms with Crippen molar-refractivity contribution in [1.29, 1.82) is 0 Å². The molecule has 11 heteroatoms. The van der Waals surface area contributed by atoms with Gasteiger partial charge in [0.15, 0.2) is 5.82 Å². The van der Waals surface area contributed by atoms with Crippen molar-refractivity contribution in [3.63, 3.8) is 0 Å². The molecule has 2 aromatic rings. The third-order valence-electron chi connectivity index (χ3n) is 6.33. The topological polar surface area (TPSA) is 113 Å². The van der Waals surface area contributed by atoms with Crippen molar-refractivity contribution < 1.29 is 28.0 Å². The molecule has 2 unspecified atom stereocenters. The van der Waals surface area contributed by atoms with Crippen molar-refractivity contribution in [2.75, 3.05) is 14.2 Å². The van der Waals surface area contributed by atoms with Gasteiger partial charge in [0.1, 0.15) is 17.5 Å². The molecule has 2 rings (SSSR count). The Hall–Kier alpha value is -2.53.